The molecule has 0 unspecified atom stereocenters. The number of benzene rings is 1. The van der Waals surface area contributed by atoms with Crippen LogP contribution >= 0.6 is 15.9 Å². The molecular weight excluding hydrogens is 325 g/mol. The highest BCUT2D eigenvalue weighted by molar-refractivity contribution is 9.10. The molecule has 0 heterocycles. The van der Waals surface area contributed by atoms with E-state index in [0.29, 0.717) is 4.47 Å². The number of hydrogen-bond donors (Lipinski definition) is 2. The monoisotopic (exact) mass is 336 g/mol. The molecule has 0 aliphatic heterocycles. The van der Waals surface area contributed by atoms with E-state index < -0.39 is 17.8 Å². The Bertz CT molecular complexity index is 486. The molecule has 1 aromatic carbocycles. The van der Waals surface area contributed by atoms with Crippen molar-refractivity contribution in [2.24, 2.45) is 0 Å². The molecular formula is C12H12BrF3N2O. The predicted molar refractivity (Wildman–Crippen MR) is 68.9 cm³/mol. The van der Waals surface area contributed by atoms with Crippen LogP contribution in [0.25, 0.3) is 0 Å². The number of rotatable bonds is 2. The lowest BCUT2D eigenvalue weighted by Gasteiger charge is -2.26. The van der Waals surface area contributed by atoms with E-state index in [-0.39, 0.29) is 11.7 Å². The first-order valence-corrected chi connectivity index (χ1v) is 6.60. The van der Waals surface area contributed by atoms with Gasteiger partial charge in [-0.25, -0.2) is 4.79 Å². The van der Waals surface area contributed by atoms with Crippen LogP contribution in [0.4, 0.5) is 23.7 Å². The van der Waals surface area contributed by atoms with Crippen molar-refractivity contribution in [2.75, 3.05) is 5.32 Å². The molecule has 1 fully saturated rings. The van der Waals surface area contributed by atoms with Crippen LogP contribution in [-0.2, 0) is 6.18 Å². The third kappa shape index (κ3) is 3.62. The molecule has 1 aromatic rings. The summed E-state index contributed by atoms with van der Waals surface area (Å²) in [4.78, 5) is 11.6. The summed E-state index contributed by atoms with van der Waals surface area (Å²) in [7, 11) is 0. The summed E-state index contributed by atoms with van der Waals surface area (Å²) in [5, 5.41) is 5.12. The zero-order chi connectivity index (χ0) is 14.0. The molecule has 0 aromatic heterocycles. The van der Waals surface area contributed by atoms with Crippen LogP contribution in [0.15, 0.2) is 22.7 Å². The van der Waals surface area contributed by atoms with E-state index in [4.69, 9.17) is 0 Å². The first-order chi connectivity index (χ1) is 8.86. The maximum Gasteiger partial charge on any atom is 0.416 e. The zero-order valence-electron chi connectivity index (χ0n) is 9.85. The molecule has 2 N–H and O–H groups in total. The average molecular weight is 337 g/mol. The normalized spacial score (nSPS) is 15.8. The second kappa shape index (κ2) is 5.40. The minimum absolute atomic E-state index is 0.103. The lowest BCUT2D eigenvalue weighted by atomic mass is 9.93. The first kappa shape index (κ1) is 14.2. The van der Waals surface area contributed by atoms with Crippen molar-refractivity contribution in [3.8, 4) is 0 Å². The highest BCUT2D eigenvalue weighted by Gasteiger charge is 2.31. The predicted octanol–water partition coefficient (Wildman–Crippen LogP) is 4.14. The van der Waals surface area contributed by atoms with Crippen LogP contribution in [0.5, 0.6) is 0 Å². The summed E-state index contributed by atoms with van der Waals surface area (Å²) in [6.07, 6.45) is -1.53. The Morgan fingerprint density at radius 2 is 2.00 bits per heavy atom. The molecule has 19 heavy (non-hydrogen) atoms. The van der Waals surface area contributed by atoms with E-state index in [1.54, 1.807) is 0 Å². The second-order valence-electron chi connectivity index (χ2n) is 4.42. The quantitative estimate of drug-likeness (QED) is 0.837. The van der Waals surface area contributed by atoms with Gasteiger partial charge in [-0.05, 0) is 53.4 Å². The van der Waals surface area contributed by atoms with Crippen molar-refractivity contribution in [1.82, 2.24) is 5.32 Å². The van der Waals surface area contributed by atoms with Crippen molar-refractivity contribution in [2.45, 2.75) is 31.5 Å². The first-order valence-electron chi connectivity index (χ1n) is 5.80. The van der Waals surface area contributed by atoms with Gasteiger partial charge in [0.25, 0.3) is 0 Å². The number of nitrogens with one attached hydrogen (secondary N) is 2. The number of carbonyl (C=O) groups excluding carboxylic acids is 1. The van der Waals surface area contributed by atoms with Gasteiger partial charge in [0, 0.05) is 10.5 Å². The molecule has 0 spiro atoms. The molecule has 0 atom stereocenters. The molecule has 104 valence electrons. The summed E-state index contributed by atoms with van der Waals surface area (Å²) < 4.78 is 38.1. The van der Waals surface area contributed by atoms with E-state index in [9.17, 15) is 18.0 Å². The van der Waals surface area contributed by atoms with Crippen LogP contribution in [0.1, 0.15) is 24.8 Å². The van der Waals surface area contributed by atoms with Crippen LogP contribution in [-0.4, -0.2) is 12.1 Å². The van der Waals surface area contributed by atoms with Gasteiger partial charge in [0.1, 0.15) is 0 Å². The van der Waals surface area contributed by atoms with E-state index in [1.807, 2.05) is 0 Å². The van der Waals surface area contributed by atoms with Gasteiger partial charge >= 0.3 is 12.2 Å². The van der Waals surface area contributed by atoms with Crippen molar-refractivity contribution in [3.63, 3.8) is 0 Å². The number of alkyl halides is 3. The largest absolute Gasteiger partial charge is 0.416 e. The molecule has 1 aliphatic rings. The Labute approximate surface area is 116 Å². The highest BCUT2D eigenvalue weighted by Crippen LogP contribution is 2.34. The molecule has 0 bridgehead atoms. The van der Waals surface area contributed by atoms with Gasteiger partial charge in [-0.3, -0.25) is 0 Å². The fourth-order valence-corrected chi connectivity index (χ4v) is 2.04. The fraction of sp³-hybridized carbons (Fsp3) is 0.417. The van der Waals surface area contributed by atoms with E-state index in [2.05, 4.69) is 26.6 Å². The van der Waals surface area contributed by atoms with E-state index >= 15 is 0 Å². The van der Waals surface area contributed by atoms with Crippen molar-refractivity contribution >= 4 is 27.6 Å². The summed E-state index contributed by atoms with van der Waals surface area (Å²) in [5.41, 5.74) is -0.693. The van der Waals surface area contributed by atoms with Crippen LogP contribution in [0.3, 0.4) is 0 Å². The smallest absolute Gasteiger partial charge is 0.335 e. The van der Waals surface area contributed by atoms with Crippen LogP contribution in [0, 0.1) is 0 Å². The van der Waals surface area contributed by atoms with Gasteiger partial charge < -0.3 is 10.6 Å². The van der Waals surface area contributed by atoms with Crippen LogP contribution in [0.2, 0.25) is 0 Å². The minimum atomic E-state index is -4.43. The Morgan fingerprint density at radius 1 is 1.32 bits per heavy atom. The summed E-state index contributed by atoms with van der Waals surface area (Å²) in [6, 6.07) is 2.78. The molecule has 1 saturated carbocycles. The van der Waals surface area contributed by atoms with Gasteiger partial charge in [-0.15, -0.1) is 0 Å². The Kier molecular flexibility index (Phi) is 4.03. The minimum Gasteiger partial charge on any atom is -0.335 e. The lowest BCUT2D eigenvalue weighted by molar-refractivity contribution is -0.137. The van der Waals surface area contributed by atoms with Gasteiger partial charge in [0.2, 0.25) is 0 Å². The molecule has 1 aliphatic carbocycles. The number of hydrogen-bond acceptors (Lipinski definition) is 1. The maximum atomic E-state index is 12.6. The highest BCUT2D eigenvalue weighted by atomic mass is 79.9. The Morgan fingerprint density at radius 3 is 2.53 bits per heavy atom. The van der Waals surface area contributed by atoms with E-state index in [0.717, 1.165) is 31.4 Å². The lowest BCUT2D eigenvalue weighted by Crippen LogP contribution is -2.41. The maximum absolute atomic E-state index is 12.6. The number of carbonyl (C=O) groups is 1. The van der Waals surface area contributed by atoms with Gasteiger partial charge in [0.15, 0.2) is 0 Å². The van der Waals surface area contributed by atoms with Gasteiger partial charge in [-0.1, -0.05) is 0 Å². The second-order valence-corrected chi connectivity index (χ2v) is 5.27. The topological polar surface area (TPSA) is 41.1 Å². The van der Waals surface area contributed by atoms with E-state index in [1.165, 1.54) is 6.07 Å². The summed E-state index contributed by atoms with van der Waals surface area (Å²) in [5.74, 6) is 0. The molecule has 0 saturated heterocycles. The Balaban J connectivity index is 2.07. The number of halogens is 4. The average Bonchev–Trinajstić information content (AvgIpc) is 2.25. The third-order valence-corrected chi connectivity index (χ3v) is 3.67. The number of amides is 2. The standard InChI is InChI=1S/C12H12BrF3N2O/c13-9-5-4-7(12(14,15)16)6-10(9)18-11(19)17-8-2-1-3-8/h4-6,8H,1-3H2,(H2,17,18,19). The van der Waals surface area contributed by atoms with Gasteiger partial charge in [-0.2, -0.15) is 13.2 Å². The third-order valence-electron chi connectivity index (χ3n) is 2.98. The summed E-state index contributed by atoms with van der Waals surface area (Å²) in [6.45, 7) is 0. The fourth-order valence-electron chi connectivity index (χ4n) is 1.69. The number of anilines is 1. The number of urea groups is 1. The van der Waals surface area contributed by atoms with Crippen molar-refractivity contribution in [3.05, 3.63) is 28.2 Å². The van der Waals surface area contributed by atoms with Crippen molar-refractivity contribution < 1.29 is 18.0 Å². The Hall–Kier alpha value is -1.24. The summed E-state index contributed by atoms with van der Waals surface area (Å²) >= 11 is 3.11. The van der Waals surface area contributed by atoms with Crippen LogP contribution < -0.4 is 10.6 Å². The SMILES string of the molecule is O=C(Nc1cc(C(F)(F)F)ccc1Br)NC1CCC1. The molecule has 2 rings (SSSR count). The molecule has 2 amide bonds. The van der Waals surface area contributed by atoms with Gasteiger partial charge in [0.05, 0.1) is 11.3 Å². The molecule has 3 nitrogen and oxygen atoms in total. The molecule has 7 heteroatoms. The zero-order valence-corrected chi connectivity index (χ0v) is 11.4. The van der Waals surface area contributed by atoms with Crippen molar-refractivity contribution in [1.29, 1.82) is 0 Å². The molecule has 0 radical (unpaired) electrons.